The first-order chi connectivity index (χ1) is 13.5. The van der Waals surface area contributed by atoms with Crippen LogP contribution in [0.4, 0.5) is 4.39 Å². The minimum absolute atomic E-state index is 0.0533. The van der Waals surface area contributed by atoms with E-state index in [1.54, 1.807) is 6.07 Å². The van der Waals surface area contributed by atoms with E-state index in [9.17, 15) is 9.18 Å². The lowest BCUT2D eigenvalue weighted by molar-refractivity contribution is -0.131. The zero-order chi connectivity index (χ0) is 19.7. The van der Waals surface area contributed by atoms with Crippen molar-refractivity contribution in [1.29, 1.82) is 0 Å². The van der Waals surface area contributed by atoms with E-state index < -0.39 is 0 Å². The number of amides is 1. The van der Waals surface area contributed by atoms with Crippen molar-refractivity contribution in [3.05, 3.63) is 51.8 Å². The molecule has 1 fully saturated rings. The van der Waals surface area contributed by atoms with Gasteiger partial charge in [-0.3, -0.25) is 9.89 Å². The van der Waals surface area contributed by atoms with E-state index in [0.717, 1.165) is 41.5 Å². The van der Waals surface area contributed by atoms with Crippen LogP contribution in [0.15, 0.2) is 29.6 Å². The highest BCUT2D eigenvalue weighted by atomic mass is 32.1. The van der Waals surface area contributed by atoms with Gasteiger partial charge < -0.3 is 9.47 Å². The third-order valence-electron chi connectivity index (χ3n) is 5.01. The second kappa shape index (κ2) is 7.92. The number of benzene rings is 1. The van der Waals surface area contributed by atoms with Crippen LogP contribution < -0.4 is 0 Å². The van der Waals surface area contributed by atoms with E-state index in [1.165, 1.54) is 23.5 Å². The molecule has 1 N–H and O–H groups in total. The van der Waals surface area contributed by atoms with Gasteiger partial charge in [-0.1, -0.05) is 12.1 Å². The smallest absolute Gasteiger partial charge is 0.228 e. The largest absolute Gasteiger partial charge is 0.342 e. The molecule has 1 atom stereocenters. The summed E-state index contributed by atoms with van der Waals surface area (Å²) in [5.74, 6) is 0.828. The lowest BCUT2D eigenvalue weighted by atomic mass is 9.97. The third kappa shape index (κ3) is 3.90. The predicted octanol–water partition coefficient (Wildman–Crippen LogP) is 3.69. The van der Waals surface area contributed by atoms with Crippen molar-refractivity contribution in [3.8, 4) is 10.6 Å². The van der Waals surface area contributed by atoms with Crippen molar-refractivity contribution in [1.82, 2.24) is 24.6 Å². The SMILES string of the molecule is Cn1c(C2CCCN(C(=O)Cc3csc(-c4cccc(F)c4)n3)C2)n[nH]c1=S. The molecule has 1 aliphatic rings. The summed E-state index contributed by atoms with van der Waals surface area (Å²) in [7, 11) is 1.89. The average Bonchev–Trinajstić information content (AvgIpc) is 3.29. The number of H-pyrrole nitrogens is 1. The Kier molecular flexibility index (Phi) is 5.36. The van der Waals surface area contributed by atoms with E-state index in [1.807, 2.05) is 28.0 Å². The van der Waals surface area contributed by atoms with Gasteiger partial charge in [0.15, 0.2) is 4.77 Å². The number of aromatic nitrogens is 4. The quantitative estimate of drug-likeness (QED) is 0.658. The molecule has 4 rings (SSSR count). The number of likely N-dealkylation sites (tertiary alicyclic amines) is 1. The summed E-state index contributed by atoms with van der Waals surface area (Å²) in [4.78, 5) is 19.2. The summed E-state index contributed by atoms with van der Waals surface area (Å²) >= 11 is 6.62. The molecule has 9 heteroatoms. The predicted molar refractivity (Wildman–Crippen MR) is 108 cm³/mol. The van der Waals surface area contributed by atoms with Gasteiger partial charge in [-0.25, -0.2) is 9.37 Å². The first-order valence-corrected chi connectivity index (χ1v) is 10.4. The van der Waals surface area contributed by atoms with Gasteiger partial charge in [-0.05, 0) is 37.2 Å². The summed E-state index contributed by atoms with van der Waals surface area (Å²) in [5, 5.41) is 9.74. The van der Waals surface area contributed by atoms with E-state index in [2.05, 4.69) is 15.2 Å². The average molecular weight is 418 g/mol. The number of thiazole rings is 1. The van der Waals surface area contributed by atoms with E-state index in [0.29, 0.717) is 11.3 Å². The molecule has 1 aromatic carbocycles. The fraction of sp³-hybridized carbons (Fsp3) is 0.368. The number of nitrogens with one attached hydrogen (secondary N) is 1. The maximum atomic E-state index is 13.4. The molecular weight excluding hydrogens is 397 g/mol. The van der Waals surface area contributed by atoms with Gasteiger partial charge in [-0.15, -0.1) is 11.3 Å². The number of aromatic amines is 1. The highest BCUT2D eigenvalue weighted by Gasteiger charge is 2.28. The van der Waals surface area contributed by atoms with Crippen molar-refractivity contribution < 1.29 is 9.18 Å². The lowest BCUT2D eigenvalue weighted by Crippen LogP contribution is -2.40. The molecule has 0 spiro atoms. The Morgan fingerprint density at radius 2 is 2.32 bits per heavy atom. The second-order valence-electron chi connectivity index (χ2n) is 6.96. The van der Waals surface area contributed by atoms with Crippen molar-refractivity contribution in [2.24, 2.45) is 7.05 Å². The summed E-state index contributed by atoms with van der Waals surface area (Å²) < 4.78 is 15.9. The zero-order valence-corrected chi connectivity index (χ0v) is 17.0. The molecule has 3 aromatic rings. The lowest BCUT2D eigenvalue weighted by Gasteiger charge is -2.32. The van der Waals surface area contributed by atoms with Crippen LogP contribution in [0.1, 0.15) is 30.3 Å². The molecule has 0 bridgehead atoms. The number of hydrogen-bond acceptors (Lipinski definition) is 5. The first-order valence-electron chi connectivity index (χ1n) is 9.10. The molecule has 1 saturated heterocycles. The highest BCUT2D eigenvalue weighted by Crippen LogP contribution is 2.27. The van der Waals surface area contributed by atoms with Gasteiger partial charge in [0.25, 0.3) is 0 Å². The highest BCUT2D eigenvalue weighted by molar-refractivity contribution is 7.71. The van der Waals surface area contributed by atoms with Gasteiger partial charge in [0.1, 0.15) is 16.6 Å². The monoisotopic (exact) mass is 417 g/mol. The maximum absolute atomic E-state index is 13.4. The third-order valence-corrected chi connectivity index (χ3v) is 6.31. The second-order valence-corrected chi connectivity index (χ2v) is 8.20. The minimum atomic E-state index is -0.293. The van der Waals surface area contributed by atoms with Crippen LogP contribution in [0.5, 0.6) is 0 Å². The summed E-state index contributed by atoms with van der Waals surface area (Å²) in [6, 6.07) is 6.34. The van der Waals surface area contributed by atoms with Gasteiger partial charge in [-0.2, -0.15) is 5.10 Å². The van der Waals surface area contributed by atoms with Gasteiger partial charge in [0, 0.05) is 37.0 Å². The minimum Gasteiger partial charge on any atom is -0.342 e. The maximum Gasteiger partial charge on any atom is 0.228 e. The van der Waals surface area contributed by atoms with Crippen molar-refractivity contribution >= 4 is 29.5 Å². The molecule has 0 radical (unpaired) electrons. The molecule has 1 amide bonds. The Morgan fingerprint density at radius 3 is 3.07 bits per heavy atom. The fourth-order valence-corrected chi connectivity index (χ4v) is 4.50. The molecule has 0 saturated carbocycles. The van der Waals surface area contributed by atoms with Crippen LogP contribution in [0.2, 0.25) is 0 Å². The normalized spacial score (nSPS) is 17.1. The van der Waals surface area contributed by atoms with Crippen LogP contribution in [0, 0.1) is 10.6 Å². The van der Waals surface area contributed by atoms with Gasteiger partial charge in [0.05, 0.1) is 12.1 Å². The van der Waals surface area contributed by atoms with E-state index >= 15 is 0 Å². The van der Waals surface area contributed by atoms with Gasteiger partial charge in [0.2, 0.25) is 5.91 Å². The molecule has 2 aromatic heterocycles. The number of carbonyl (C=O) groups excluding carboxylic acids is 1. The molecular formula is C19H20FN5OS2. The van der Waals surface area contributed by atoms with Crippen LogP contribution in [-0.4, -0.2) is 43.6 Å². The van der Waals surface area contributed by atoms with Crippen LogP contribution in [0.25, 0.3) is 10.6 Å². The molecule has 3 heterocycles. The molecule has 6 nitrogen and oxygen atoms in total. The molecule has 1 unspecified atom stereocenters. The van der Waals surface area contributed by atoms with Crippen LogP contribution in [0.3, 0.4) is 0 Å². The number of piperidine rings is 1. The number of nitrogens with zero attached hydrogens (tertiary/aromatic N) is 4. The van der Waals surface area contributed by atoms with Crippen molar-refractivity contribution in [2.75, 3.05) is 13.1 Å². The van der Waals surface area contributed by atoms with Crippen molar-refractivity contribution in [2.45, 2.75) is 25.2 Å². The Morgan fingerprint density at radius 1 is 1.46 bits per heavy atom. The molecule has 0 aliphatic carbocycles. The Bertz CT molecular complexity index is 1060. The number of hydrogen-bond donors (Lipinski definition) is 1. The molecule has 28 heavy (non-hydrogen) atoms. The number of halogens is 1. The van der Waals surface area contributed by atoms with Crippen LogP contribution >= 0.6 is 23.6 Å². The Balaban J connectivity index is 1.44. The summed E-state index contributed by atoms with van der Waals surface area (Å²) in [6.45, 7) is 1.37. The van der Waals surface area contributed by atoms with Crippen molar-refractivity contribution in [3.63, 3.8) is 0 Å². The first kappa shape index (κ1) is 18.9. The van der Waals surface area contributed by atoms with E-state index in [-0.39, 0.29) is 24.1 Å². The number of carbonyl (C=O) groups is 1. The summed E-state index contributed by atoms with van der Waals surface area (Å²) in [6.07, 6.45) is 2.16. The fourth-order valence-electron chi connectivity index (χ4n) is 3.55. The van der Waals surface area contributed by atoms with E-state index in [4.69, 9.17) is 12.2 Å². The number of rotatable bonds is 4. The summed E-state index contributed by atoms with van der Waals surface area (Å²) in [5.41, 5.74) is 1.45. The zero-order valence-electron chi connectivity index (χ0n) is 15.4. The van der Waals surface area contributed by atoms with Crippen LogP contribution in [-0.2, 0) is 18.3 Å². The standard InChI is InChI=1S/C19H20FN5OS2/c1-24-17(22-23-19(24)27)13-5-3-7-25(10-13)16(26)9-15-11-28-18(21-15)12-4-2-6-14(20)8-12/h2,4,6,8,11,13H,3,5,7,9-10H2,1H3,(H,23,27). The molecule has 1 aliphatic heterocycles. The Hall–Kier alpha value is -2.39. The Labute approximate surface area is 171 Å². The molecule has 146 valence electrons. The topological polar surface area (TPSA) is 66.8 Å². The van der Waals surface area contributed by atoms with Gasteiger partial charge >= 0.3 is 0 Å².